The molecule has 0 spiro atoms. The molecule has 0 amide bonds. The van der Waals surface area contributed by atoms with Crippen molar-refractivity contribution in [2.24, 2.45) is 0 Å². The minimum absolute atomic E-state index is 0.184. The number of nitrogen functional groups attached to an aromatic ring is 1. The van der Waals surface area contributed by atoms with Gasteiger partial charge in [-0.1, -0.05) is 18.9 Å². The topological polar surface area (TPSA) is 49.5 Å². The molecule has 1 aromatic rings. The Hall–Kier alpha value is -1.22. The fourth-order valence-corrected chi connectivity index (χ4v) is 2.76. The molecule has 0 bridgehead atoms. The maximum Gasteiger partial charge on any atom is 0.0606 e. The van der Waals surface area contributed by atoms with Gasteiger partial charge in [-0.15, -0.1) is 0 Å². The summed E-state index contributed by atoms with van der Waals surface area (Å²) in [4.78, 5) is 2.28. The minimum Gasteiger partial charge on any atom is -0.397 e. The van der Waals surface area contributed by atoms with Crippen LogP contribution in [0.3, 0.4) is 0 Å². The van der Waals surface area contributed by atoms with Crippen LogP contribution in [0.25, 0.3) is 0 Å². The first-order valence-electron chi connectivity index (χ1n) is 6.46. The van der Waals surface area contributed by atoms with Crippen molar-refractivity contribution < 1.29 is 5.11 Å². The molecule has 3 heteroatoms. The molecule has 1 aliphatic carbocycles. The number of aliphatic hydroxyl groups is 1. The first-order valence-corrected chi connectivity index (χ1v) is 6.46. The molecule has 1 saturated carbocycles. The average molecular weight is 234 g/mol. The largest absolute Gasteiger partial charge is 0.397 e. The van der Waals surface area contributed by atoms with E-state index in [1.54, 1.807) is 0 Å². The molecule has 0 atom stereocenters. The standard InChI is InChI=1S/C14H22N2O/c1-11-6-7-14(13(15)10-11)16(8-9-17)12-4-2-3-5-12/h6-7,10,12,17H,2-5,8-9,15H2,1H3. The maximum atomic E-state index is 9.22. The lowest BCUT2D eigenvalue weighted by Crippen LogP contribution is -2.36. The lowest BCUT2D eigenvalue weighted by atomic mass is 10.1. The minimum atomic E-state index is 0.184. The van der Waals surface area contributed by atoms with E-state index in [9.17, 15) is 5.11 Å². The second-order valence-electron chi connectivity index (χ2n) is 4.92. The Bertz CT molecular complexity index is 372. The number of rotatable bonds is 4. The highest BCUT2D eigenvalue weighted by Crippen LogP contribution is 2.31. The molecule has 0 aromatic heterocycles. The molecule has 3 nitrogen and oxygen atoms in total. The van der Waals surface area contributed by atoms with Crippen LogP contribution in [0.15, 0.2) is 18.2 Å². The Morgan fingerprint density at radius 2 is 2.06 bits per heavy atom. The summed E-state index contributed by atoms with van der Waals surface area (Å²) in [5, 5.41) is 9.22. The van der Waals surface area contributed by atoms with Gasteiger partial charge < -0.3 is 15.7 Å². The van der Waals surface area contributed by atoms with Crippen molar-refractivity contribution >= 4 is 11.4 Å². The number of nitrogens with zero attached hydrogens (tertiary/aromatic N) is 1. The number of nitrogens with two attached hydrogens (primary N) is 1. The summed E-state index contributed by atoms with van der Waals surface area (Å²) in [5.41, 5.74) is 9.18. The van der Waals surface area contributed by atoms with E-state index in [-0.39, 0.29) is 6.61 Å². The summed E-state index contributed by atoms with van der Waals surface area (Å²) in [5.74, 6) is 0. The number of hydrogen-bond donors (Lipinski definition) is 2. The van der Waals surface area contributed by atoms with Gasteiger partial charge in [-0.25, -0.2) is 0 Å². The van der Waals surface area contributed by atoms with Gasteiger partial charge >= 0.3 is 0 Å². The van der Waals surface area contributed by atoms with Gasteiger partial charge in [0.25, 0.3) is 0 Å². The zero-order chi connectivity index (χ0) is 12.3. The van der Waals surface area contributed by atoms with Crippen LogP contribution in [0.5, 0.6) is 0 Å². The second kappa shape index (κ2) is 5.41. The van der Waals surface area contributed by atoms with E-state index in [4.69, 9.17) is 5.73 Å². The van der Waals surface area contributed by atoms with E-state index in [1.807, 2.05) is 13.0 Å². The van der Waals surface area contributed by atoms with Gasteiger partial charge in [-0.3, -0.25) is 0 Å². The van der Waals surface area contributed by atoms with Crippen molar-refractivity contribution in [3.63, 3.8) is 0 Å². The molecule has 0 radical (unpaired) electrons. The van der Waals surface area contributed by atoms with E-state index in [1.165, 1.54) is 31.2 Å². The van der Waals surface area contributed by atoms with Gasteiger partial charge in [-0.05, 0) is 37.5 Å². The van der Waals surface area contributed by atoms with Gasteiger partial charge in [0.15, 0.2) is 0 Å². The first kappa shape index (κ1) is 12.2. The Kier molecular flexibility index (Phi) is 3.89. The van der Waals surface area contributed by atoms with Crippen LogP contribution in [-0.2, 0) is 0 Å². The Labute approximate surface area is 103 Å². The quantitative estimate of drug-likeness (QED) is 0.786. The molecule has 0 unspecified atom stereocenters. The zero-order valence-electron chi connectivity index (χ0n) is 10.5. The molecule has 17 heavy (non-hydrogen) atoms. The highest BCUT2D eigenvalue weighted by atomic mass is 16.3. The van der Waals surface area contributed by atoms with Gasteiger partial charge in [-0.2, -0.15) is 0 Å². The molecule has 1 aromatic carbocycles. The maximum absolute atomic E-state index is 9.22. The molecule has 3 N–H and O–H groups in total. The number of aryl methyl sites for hydroxylation is 1. The Morgan fingerprint density at radius 3 is 2.65 bits per heavy atom. The number of benzene rings is 1. The summed E-state index contributed by atoms with van der Waals surface area (Å²) in [6, 6.07) is 6.73. The third kappa shape index (κ3) is 2.72. The van der Waals surface area contributed by atoms with Gasteiger partial charge in [0.05, 0.1) is 18.0 Å². The number of anilines is 2. The van der Waals surface area contributed by atoms with Crippen molar-refractivity contribution in [1.82, 2.24) is 0 Å². The Morgan fingerprint density at radius 1 is 1.35 bits per heavy atom. The smallest absolute Gasteiger partial charge is 0.0606 e. The van der Waals surface area contributed by atoms with Crippen molar-refractivity contribution in [3.8, 4) is 0 Å². The monoisotopic (exact) mass is 234 g/mol. The van der Waals surface area contributed by atoms with Crippen molar-refractivity contribution in [1.29, 1.82) is 0 Å². The fraction of sp³-hybridized carbons (Fsp3) is 0.571. The fourth-order valence-electron chi connectivity index (χ4n) is 2.76. The molecule has 2 rings (SSSR count). The summed E-state index contributed by atoms with van der Waals surface area (Å²) < 4.78 is 0. The van der Waals surface area contributed by atoms with Crippen LogP contribution in [0.2, 0.25) is 0 Å². The van der Waals surface area contributed by atoms with E-state index < -0.39 is 0 Å². The van der Waals surface area contributed by atoms with Crippen LogP contribution in [-0.4, -0.2) is 24.3 Å². The van der Waals surface area contributed by atoms with Gasteiger partial charge in [0.1, 0.15) is 0 Å². The lowest BCUT2D eigenvalue weighted by molar-refractivity contribution is 0.297. The summed E-state index contributed by atoms with van der Waals surface area (Å²) in [7, 11) is 0. The zero-order valence-corrected chi connectivity index (χ0v) is 10.5. The highest BCUT2D eigenvalue weighted by Gasteiger charge is 2.23. The average Bonchev–Trinajstić information content (AvgIpc) is 2.80. The Balaban J connectivity index is 2.24. The SMILES string of the molecule is Cc1ccc(N(CCO)C2CCCC2)c(N)c1. The normalized spacial score (nSPS) is 16.4. The number of aliphatic hydroxyl groups excluding tert-OH is 1. The molecule has 1 fully saturated rings. The predicted octanol–water partition coefficient (Wildman–Crippen LogP) is 2.32. The molecule has 0 aliphatic heterocycles. The third-order valence-corrected chi connectivity index (χ3v) is 3.60. The van der Waals surface area contributed by atoms with Crippen LogP contribution in [0, 0.1) is 6.92 Å². The van der Waals surface area contributed by atoms with E-state index in [2.05, 4.69) is 17.0 Å². The molecular weight excluding hydrogens is 212 g/mol. The van der Waals surface area contributed by atoms with E-state index in [0.29, 0.717) is 12.6 Å². The van der Waals surface area contributed by atoms with E-state index in [0.717, 1.165) is 11.4 Å². The number of hydrogen-bond acceptors (Lipinski definition) is 3. The van der Waals surface area contributed by atoms with Gasteiger partial charge in [0, 0.05) is 12.6 Å². The van der Waals surface area contributed by atoms with Crippen LogP contribution >= 0.6 is 0 Å². The highest BCUT2D eigenvalue weighted by molar-refractivity contribution is 5.69. The molecule has 0 heterocycles. The van der Waals surface area contributed by atoms with Crippen LogP contribution in [0.4, 0.5) is 11.4 Å². The molecule has 0 saturated heterocycles. The second-order valence-corrected chi connectivity index (χ2v) is 4.92. The molecule has 94 valence electrons. The molecule has 1 aliphatic rings. The van der Waals surface area contributed by atoms with Crippen molar-refractivity contribution in [2.75, 3.05) is 23.8 Å². The predicted molar refractivity (Wildman–Crippen MR) is 72.3 cm³/mol. The van der Waals surface area contributed by atoms with Crippen molar-refractivity contribution in [2.45, 2.75) is 38.6 Å². The van der Waals surface area contributed by atoms with E-state index >= 15 is 0 Å². The summed E-state index contributed by atoms with van der Waals surface area (Å²) in [6.07, 6.45) is 5.01. The summed E-state index contributed by atoms with van der Waals surface area (Å²) in [6.45, 7) is 2.91. The molecular formula is C14H22N2O. The first-order chi connectivity index (χ1) is 8.22. The van der Waals surface area contributed by atoms with Crippen LogP contribution < -0.4 is 10.6 Å². The van der Waals surface area contributed by atoms with Crippen molar-refractivity contribution in [3.05, 3.63) is 23.8 Å². The van der Waals surface area contributed by atoms with Gasteiger partial charge in [0.2, 0.25) is 0 Å². The van der Waals surface area contributed by atoms with Crippen LogP contribution in [0.1, 0.15) is 31.2 Å². The lowest BCUT2D eigenvalue weighted by Gasteiger charge is -2.31. The summed E-state index contributed by atoms with van der Waals surface area (Å²) >= 11 is 0. The third-order valence-electron chi connectivity index (χ3n) is 3.60.